The highest BCUT2D eigenvalue weighted by atomic mass is 16.6. The van der Waals surface area contributed by atoms with Gasteiger partial charge in [0.1, 0.15) is 17.2 Å². The molecule has 0 bridgehead atoms. The van der Waals surface area contributed by atoms with Gasteiger partial charge in [-0.2, -0.15) is 0 Å². The van der Waals surface area contributed by atoms with Crippen molar-refractivity contribution in [3.63, 3.8) is 0 Å². The van der Waals surface area contributed by atoms with E-state index >= 15 is 0 Å². The second kappa shape index (κ2) is 14.6. The summed E-state index contributed by atoms with van der Waals surface area (Å²) in [5, 5.41) is 0. The molecular weight excluding hydrogens is 556 g/mol. The van der Waals surface area contributed by atoms with E-state index < -0.39 is 35.8 Å². The molecule has 0 N–H and O–H groups in total. The summed E-state index contributed by atoms with van der Waals surface area (Å²) in [5.41, 5.74) is 1.47. The summed E-state index contributed by atoms with van der Waals surface area (Å²) < 4.78 is 26.8. The number of ether oxygens (including phenoxy) is 5. The highest BCUT2D eigenvalue weighted by Gasteiger charge is 2.20. The monoisotopic (exact) mass is 590 g/mol. The van der Waals surface area contributed by atoms with Crippen molar-refractivity contribution in [2.75, 3.05) is 0 Å². The minimum Gasteiger partial charge on any atom is -0.423 e. The molecule has 43 heavy (non-hydrogen) atoms. The molecule has 0 aliphatic rings. The van der Waals surface area contributed by atoms with E-state index in [1.54, 1.807) is 26.8 Å². The lowest BCUT2D eigenvalue weighted by molar-refractivity contribution is -0.138. The highest BCUT2D eigenvalue weighted by molar-refractivity contribution is 5.98. The summed E-state index contributed by atoms with van der Waals surface area (Å²) in [7, 11) is 0. The maximum Gasteiger partial charge on any atom is 0.339 e. The van der Waals surface area contributed by atoms with Crippen molar-refractivity contribution in [1.29, 1.82) is 0 Å². The molecule has 10 nitrogen and oxygen atoms in total. The van der Waals surface area contributed by atoms with E-state index in [4.69, 9.17) is 23.7 Å². The fourth-order valence-electron chi connectivity index (χ4n) is 2.98. The molecule has 226 valence electrons. The molecule has 0 amide bonds. The van der Waals surface area contributed by atoms with Crippen LogP contribution < -0.4 is 23.7 Å². The maximum absolute atomic E-state index is 13.2. The standard InChI is InChI=1S/C33H34O10/c1-17(2)29(34)39-24-14-25(40-30(35)18(3)4)16-26(15-24)41-33(38)22(10)21(9)23-11-12-27(42-31(36)19(5)6)28(13-23)43-32(37)20(7)8/h11-16,20H,1,3,5H2,2,4,6-10H3/b22-21+. The van der Waals surface area contributed by atoms with E-state index in [9.17, 15) is 24.0 Å². The van der Waals surface area contributed by atoms with Gasteiger partial charge in [-0.1, -0.05) is 39.7 Å². The first-order valence-electron chi connectivity index (χ1n) is 13.0. The molecule has 10 heteroatoms. The Morgan fingerprint density at radius 3 is 1.40 bits per heavy atom. The predicted octanol–water partition coefficient (Wildman–Crippen LogP) is 6.09. The van der Waals surface area contributed by atoms with Crippen molar-refractivity contribution >= 4 is 35.4 Å². The molecule has 0 saturated heterocycles. The van der Waals surface area contributed by atoms with E-state index in [1.807, 2.05) is 0 Å². The van der Waals surface area contributed by atoms with Crippen LogP contribution in [0.2, 0.25) is 0 Å². The topological polar surface area (TPSA) is 132 Å². The van der Waals surface area contributed by atoms with Gasteiger partial charge in [-0.3, -0.25) is 4.79 Å². The third kappa shape index (κ3) is 9.67. The molecule has 0 radical (unpaired) electrons. The average molecular weight is 591 g/mol. The van der Waals surface area contributed by atoms with Gasteiger partial charge >= 0.3 is 29.8 Å². The van der Waals surface area contributed by atoms with Crippen LogP contribution in [0.1, 0.15) is 54.0 Å². The smallest absolute Gasteiger partial charge is 0.339 e. The van der Waals surface area contributed by atoms with E-state index in [1.165, 1.54) is 58.0 Å². The van der Waals surface area contributed by atoms with Crippen LogP contribution >= 0.6 is 0 Å². The van der Waals surface area contributed by atoms with Crippen molar-refractivity contribution in [3.05, 3.63) is 84.0 Å². The average Bonchev–Trinajstić information content (AvgIpc) is 2.92. The zero-order chi connectivity index (χ0) is 32.6. The van der Waals surface area contributed by atoms with Gasteiger partial charge in [-0.05, 0) is 57.9 Å². The molecular formula is C33H34O10. The fraction of sp³-hybridized carbons (Fsp3) is 0.242. The molecule has 0 aliphatic carbocycles. The Morgan fingerprint density at radius 1 is 0.558 bits per heavy atom. The molecule has 0 saturated carbocycles. The quantitative estimate of drug-likeness (QED) is 0.172. The highest BCUT2D eigenvalue weighted by Crippen LogP contribution is 2.34. The summed E-state index contributed by atoms with van der Waals surface area (Å²) >= 11 is 0. The van der Waals surface area contributed by atoms with Crippen LogP contribution in [-0.4, -0.2) is 29.8 Å². The lowest BCUT2D eigenvalue weighted by atomic mass is 10.0. The van der Waals surface area contributed by atoms with Gasteiger partial charge in [0.05, 0.1) is 5.92 Å². The zero-order valence-electron chi connectivity index (χ0n) is 25.2. The number of benzene rings is 2. The van der Waals surface area contributed by atoms with E-state index in [2.05, 4.69) is 19.7 Å². The Hall–Kier alpha value is -5.25. The van der Waals surface area contributed by atoms with E-state index in [0.717, 1.165) is 0 Å². The summed E-state index contributed by atoms with van der Waals surface area (Å²) in [6.07, 6.45) is 0. The van der Waals surface area contributed by atoms with Crippen LogP contribution in [0.4, 0.5) is 0 Å². The van der Waals surface area contributed by atoms with Crippen molar-refractivity contribution in [2.45, 2.75) is 48.5 Å². The molecule has 2 aromatic rings. The predicted molar refractivity (Wildman–Crippen MR) is 159 cm³/mol. The van der Waals surface area contributed by atoms with Gasteiger partial charge in [0.15, 0.2) is 11.5 Å². The summed E-state index contributed by atoms with van der Waals surface area (Å²) in [6, 6.07) is 8.28. The number of hydrogen-bond acceptors (Lipinski definition) is 10. The van der Waals surface area contributed by atoms with Gasteiger partial charge in [0.25, 0.3) is 0 Å². The maximum atomic E-state index is 13.2. The molecule has 0 fully saturated rings. The van der Waals surface area contributed by atoms with Crippen LogP contribution in [0.15, 0.2) is 78.4 Å². The first kappa shape index (κ1) is 34.0. The number of rotatable bonds is 11. The van der Waals surface area contributed by atoms with Crippen molar-refractivity contribution < 1.29 is 47.7 Å². The Bertz CT molecular complexity index is 1510. The number of allylic oxidation sites excluding steroid dienone is 1. The third-order valence-electron chi connectivity index (χ3n) is 5.66. The SMILES string of the molecule is C=C(C)C(=O)Oc1cc(OC(=O)C(=C)C)cc(OC(=O)/C(C)=C(\C)c2ccc(OC(=O)C(=C)C)c(OC(=O)C(C)C)c2)c1. The summed E-state index contributed by atoms with van der Waals surface area (Å²) in [4.78, 5) is 61.7. The normalized spacial score (nSPS) is 11.1. The Labute approximate surface area is 250 Å². The largest absolute Gasteiger partial charge is 0.423 e. The first-order valence-corrected chi connectivity index (χ1v) is 13.0. The summed E-state index contributed by atoms with van der Waals surface area (Å²) in [6.45, 7) is 21.4. The molecule has 0 atom stereocenters. The Morgan fingerprint density at radius 2 is 0.977 bits per heavy atom. The van der Waals surface area contributed by atoms with Crippen molar-refractivity contribution in [3.8, 4) is 28.7 Å². The minimum absolute atomic E-state index is 0.00302. The lowest BCUT2D eigenvalue weighted by Gasteiger charge is -2.15. The number of hydrogen-bond donors (Lipinski definition) is 0. The second-order valence-electron chi connectivity index (χ2n) is 10.0. The van der Waals surface area contributed by atoms with Crippen LogP contribution in [0.5, 0.6) is 28.7 Å². The van der Waals surface area contributed by atoms with Gasteiger partial charge in [-0.25, -0.2) is 19.2 Å². The molecule has 2 rings (SSSR count). The Balaban J connectivity index is 2.47. The fourth-order valence-corrected chi connectivity index (χ4v) is 2.98. The third-order valence-corrected chi connectivity index (χ3v) is 5.66. The summed E-state index contributed by atoms with van der Waals surface area (Å²) in [5.74, 6) is -4.21. The van der Waals surface area contributed by atoms with Gasteiger partial charge in [-0.15, -0.1) is 0 Å². The van der Waals surface area contributed by atoms with E-state index in [0.29, 0.717) is 11.1 Å². The van der Waals surface area contributed by atoms with Crippen molar-refractivity contribution in [1.82, 2.24) is 0 Å². The van der Waals surface area contributed by atoms with Gasteiger partial charge in [0, 0.05) is 40.5 Å². The Kier molecular flexibility index (Phi) is 11.5. The minimum atomic E-state index is -0.781. The molecule has 2 aromatic carbocycles. The number of carbonyl (C=O) groups excluding carboxylic acids is 5. The molecule has 0 aromatic heterocycles. The first-order chi connectivity index (χ1) is 20.0. The van der Waals surface area contributed by atoms with E-state index in [-0.39, 0.29) is 51.0 Å². The van der Waals surface area contributed by atoms with Crippen LogP contribution in [-0.2, 0) is 24.0 Å². The second-order valence-corrected chi connectivity index (χ2v) is 10.0. The molecule has 0 unspecified atom stereocenters. The zero-order valence-corrected chi connectivity index (χ0v) is 25.2. The van der Waals surface area contributed by atoms with Crippen LogP contribution in [0.25, 0.3) is 5.57 Å². The lowest BCUT2D eigenvalue weighted by Crippen LogP contribution is -2.17. The number of carbonyl (C=O) groups is 5. The number of esters is 5. The van der Waals surface area contributed by atoms with Gasteiger partial charge in [0.2, 0.25) is 0 Å². The molecule has 0 spiro atoms. The van der Waals surface area contributed by atoms with Gasteiger partial charge < -0.3 is 23.7 Å². The van der Waals surface area contributed by atoms with Crippen LogP contribution in [0, 0.1) is 5.92 Å². The molecule has 0 aliphatic heterocycles. The molecule has 0 heterocycles. The van der Waals surface area contributed by atoms with Crippen molar-refractivity contribution in [2.24, 2.45) is 5.92 Å². The van der Waals surface area contributed by atoms with Crippen LogP contribution in [0.3, 0.4) is 0 Å².